The van der Waals surface area contributed by atoms with E-state index in [-0.39, 0.29) is 6.17 Å². The van der Waals surface area contributed by atoms with Crippen LogP contribution < -0.4 is 9.62 Å². The number of imidazole rings is 1. The first kappa shape index (κ1) is 13.8. The van der Waals surface area contributed by atoms with Crippen LogP contribution in [-0.2, 0) is 17.1 Å². The lowest BCUT2D eigenvalue weighted by Gasteiger charge is -2.25. The van der Waals surface area contributed by atoms with E-state index in [0.29, 0.717) is 5.95 Å². The minimum atomic E-state index is -3.25. The average Bonchev–Trinajstić information content (AvgIpc) is 2.64. The smallest absolute Gasteiger partial charge is 0.210 e. The zero-order valence-electron chi connectivity index (χ0n) is 11.5. The number of nitrogens with one attached hydrogen (secondary N) is 1. The maximum atomic E-state index is 11.3. The molecule has 0 bridgehead atoms. The first-order valence-electron chi connectivity index (χ1n) is 5.91. The first-order chi connectivity index (χ1) is 8.79. The van der Waals surface area contributed by atoms with E-state index < -0.39 is 10.0 Å². The predicted molar refractivity (Wildman–Crippen MR) is 76.6 cm³/mol. The van der Waals surface area contributed by atoms with Crippen molar-refractivity contribution in [3.05, 3.63) is 24.3 Å². The Hall–Kier alpha value is -1.60. The van der Waals surface area contributed by atoms with Gasteiger partial charge in [-0.05, 0) is 19.1 Å². The molecule has 0 saturated heterocycles. The molecule has 0 radical (unpaired) electrons. The number of rotatable bonds is 4. The molecular weight excluding hydrogens is 264 g/mol. The molecule has 0 saturated carbocycles. The largest absolute Gasteiger partial charge is 0.329 e. The predicted octanol–water partition coefficient (Wildman–Crippen LogP) is 0.905. The van der Waals surface area contributed by atoms with E-state index in [9.17, 15) is 8.42 Å². The number of nitrogens with zero attached hydrogens (tertiary/aromatic N) is 3. The van der Waals surface area contributed by atoms with E-state index in [1.54, 1.807) is 11.8 Å². The quantitative estimate of drug-likeness (QED) is 0.846. The summed E-state index contributed by atoms with van der Waals surface area (Å²) in [5, 5.41) is 0. The maximum absolute atomic E-state index is 11.3. The van der Waals surface area contributed by atoms with E-state index in [1.165, 1.54) is 0 Å². The van der Waals surface area contributed by atoms with Gasteiger partial charge in [0.2, 0.25) is 16.0 Å². The molecule has 1 aromatic carbocycles. The minimum Gasteiger partial charge on any atom is -0.329 e. The summed E-state index contributed by atoms with van der Waals surface area (Å²) in [6.07, 6.45) is 0.775. The lowest BCUT2D eigenvalue weighted by Crippen LogP contribution is -2.44. The van der Waals surface area contributed by atoms with Crippen molar-refractivity contribution in [2.24, 2.45) is 7.05 Å². The molecule has 104 valence electrons. The van der Waals surface area contributed by atoms with Gasteiger partial charge in [-0.3, -0.25) is 0 Å². The second kappa shape index (κ2) is 4.82. The third-order valence-electron chi connectivity index (χ3n) is 3.04. The summed E-state index contributed by atoms with van der Waals surface area (Å²) < 4.78 is 27.0. The normalized spacial score (nSPS) is 13.7. The van der Waals surface area contributed by atoms with E-state index in [4.69, 9.17) is 0 Å². The molecule has 1 heterocycles. The summed E-state index contributed by atoms with van der Waals surface area (Å²) in [5.74, 6) is 0.713. The molecule has 1 N–H and O–H groups in total. The summed E-state index contributed by atoms with van der Waals surface area (Å²) in [6.45, 7) is 1.78. The van der Waals surface area contributed by atoms with Gasteiger partial charge in [-0.15, -0.1) is 0 Å². The lowest BCUT2D eigenvalue weighted by atomic mass is 10.3. The van der Waals surface area contributed by atoms with Crippen LogP contribution in [0.2, 0.25) is 0 Å². The van der Waals surface area contributed by atoms with Crippen LogP contribution in [0.1, 0.15) is 6.92 Å². The van der Waals surface area contributed by atoms with Crippen molar-refractivity contribution in [1.82, 2.24) is 14.3 Å². The number of anilines is 1. The third kappa shape index (κ3) is 2.87. The van der Waals surface area contributed by atoms with Crippen LogP contribution in [0.15, 0.2) is 24.3 Å². The number of fused-ring (bicyclic) bond motifs is 1. The van der Waals surface area contributed by atoms with Crippen molar-refractivity contribution >= 4 is 27.0 Å². The number of aryl methyl sites for hydroxylation is 1. The highest BCUT2D eigenvalue weighted by molar-refractivity contribution is 7.88. The van der Waals surface area contributed by atoms with Crippen molar-refractivity contribution in [2.75, 3.05) is 18.2 Å². The molecule has 1 atom stereocenters. The molecule has 0 aliphatic heterocycles. The zero-order chi connectivity index (χ0) is 14.2. The van der Waals surface area contributed by atoms with Gasteiger partial charge in [0, 0.05) is 14.1 Å². The Balaban J connectivity index is 2.36. The average molecular weight is 282 g/mol. The molecule has 0 aliphatic rings. The number of aromatic nitrogens is 2. The Morgan fingerprint density at radius 3 is 2.58 bits per heavy atom. The molecular formula is C12H18N4O2S. The summed E-state index contributed by atoms with van der Waals surface area (Å²) >= 11 is 0. The molecule has 2 rings (SSSR count). The Morgan fingerprint density at radius 1 is 1.37 bits per heavy atom. The van der Waals surface area contributed by atoms with E-state index >= 15 is 0 Å². The number of hydrogen-bond acceptors (Lipinski definition) is 4. The van der Waals surface area contributed by atoms with Gasteiger partial charge in [0.05, 0.1) is 23.5 Å². The van der Waals surface area contributed by atoms with E-state index in [2.05, 4.69) is 9.71 Å². The van der Waals surface area contributed by atoms with Crippen LogP contribution in [0.3, 0.4) is 0 Å². The van der Waals surface area contributed by atoms with Gasteiger partial charge in [0.1, 0.15) is 0 Å². The minimum absolute atomic E-state index is 0.370. The molecule has 1 aromatic heterocycles. The molecule has 7 heteroatoms. The topological polar surface area (TPSA) is 67.2 Å². The molecule has 0 amide bonds. The number of para-hydroxylation sites is 2. The van der Waals surface area contributed by atoms with Gasteiger partial charge in [-0.2, -0.15) is 4.72 Å². The second-order valence-electron chi connectivity index (χ2n) is 4.64. The Kier molecular flexibility index (Phi) is 3.51. The monoisotopic (exact) mass is 282 g/mol. The van der Waals surface area contributed by atoms with Gasteiger partial charge in [0.25, 0.3) is 0 Å². The van der Waals surface area contributed by atoms with Crippen molar-refractivity contribution < 1.29 is 8.42 Å². The number of hydrogen-bond donors (Lipinski definition) is 1. The maximum Gasteiger partial charge on any atom is 0.210 e. The van der Waals surface area contributed by atoms with Crippen LogP contribution in [0.5, 0.6) is 0 Å². The second-order valence-corrected chi connectivity index (χ2v) is 6.42. The fourth-order valence-electron chi connectivity index (χ4n) is 2.01. The van der Waals surface area contributed by atoms with Gasteiger partial charge in [0.15, 0.2) is 0 Å². The zero-order valence-corrected chi connectivity index (χ0v) is 12.3. The van der Waals surface area contributed by atoms with Gasteiger partial charge >= 0.3 is 0 Å². The fourth-order valence-corrected chi connectivity index (χ4v) is 2.79. The number of benzene rings is 1. The molecule has 19 heavy (non-hydrogen) atoms. The summed E-state index contributed by atoms with van der Waals surface area (Å²) in [7, 11) is 0.473. The Labute approximate surface area is 113 Å². The fraction of sp³-hybridized carbons (Fsp3) is 0.417. The van der Waals surface area contributed by atoms with E-state index in [1.807, 2.05) is 42.9 Å². The summed E-state index contributed by atoms with van der Waals surface area (Å²) in [6, 6.07) is 7.79. The highest BCUT2D eigenvalue weighted by Gasteiger charge is 2.18. The number of sulfonamides is 1. The van der Waals surface area contributed by atoms with Crippen LogP contribution in [0.4, 0.5) is 5.95 Å². The highest BCUT2D eigenvalue weighted by Crippen LogP contribution is 2.20. The molecule has 2 aromatic rings. The molecule has 0 fully saturated rings. The summed E-state index contributed by atoms with van der Waals surface area (Å²) in [5.41, 5.74) is 1.90. The third-order valence-corrected chi connectivity index (χ3v) is 3.81. The first-order valence-corrected chi connectivity index (χ1v) is 7.80. The van der Waals surface area contributed by atoms with Crippen LogP contribution in [0.25, 0.3) is 11.0 Å². The van der Waals surface area contributed by atoms with E-state index in [0.717, 1.165) is 17.3 Å². The van der Waals surface area contributed by atoms with Gasteiger partial charge in [-0.1, -0.05) is 12.1 Å². The van der Waals surface area contributed by atoms with Crippen LogP contribution in [0, 0.1) is 0 Å². The molecule has 0 aliphatic carbocycles. The van der Waals surface area contributed by atoms with Gasteiger partial charge < -0.3 is 9.47 Å². The van der Waals surface area contributed by atoms with Crippen molar-refractivity contribution in [3.63, 3.8) is 0 Å². The molecule has 1 unspecified atom stereocenters. The van der Waals surface area contributed by atoms with Crippen LogP contribution >= 0.6 is 0 Å². The van der Waals surface area contributed by atoms with Crippen LogP contribution in [-0.4, -0.2) is 37.4 Å². The van der Waals surface area contributed by atoms with Gasteiger partial charge in [-0.25, -0.2) is 13.4 Å². The Morgan fingerprint density at radius 2 is 2.00 bits per heavy atom. The Bertz CT molecular complexity index is 693. The van der Waals surface area contributed by atoms with Crippen molar-refractivity contribution in [1.29, 1.82) is 0 Å². The SMILES string of the molecule is CC(NS(C)(=O)=O)N(C)c1nc2ccccc2n1C. The molecule has 0 spiro atoms. The summed E-state index contributed by atoms with van der Waals surface area (Å²) in [4.78, 5) is 6.31. The standard InChI is InChI=1S/C12H18N4O2S/c1-9(14-19(4,17)18)15(2)12-13-10-7-5-6-8-11(10)16(12)3/h5-9,14H,1-4H3. The van der Waals surface area contributed by atoms with Crippen molar-refractivity contribution in [3.8, 4) is 0 Å². The highest BCUT2D eigenvalue weighted by atomic mass is 32.2. The lowest BCUT2D eigenvalue weighted by molar-refractivity contribution is 0.559. The molecule has 6 nitrogen and oxygen atoms in total. The van der Waals surface area contributed by atoms with Crippen molar-refractivity contribution in [2.45, 2.75) is 13.1 Å².